The van der Waals surface area contributed by atoms with Gasteiger partial charge in [-0.05, 0) is 6.92 Å². The molecule has 0 bridgehead atoms. The summed E-state index contributed by atoms with van der Waals surface area (Å²) in [6.07, 6.45) is 4.20. The van der Waals surface area contributed by atoms with Crippen LogP contribution in [0.3, 0.4) is 0 Å². The van der Waals surface area contributed by atoms with E-state index in [9.17, 15) is 0 Å². The van der Waals surface area contributed by atoms with Crippen molar-refractivity contribution in [1.29, 1.82) is 0 Å². The van der Waals surface area contributed by atoms with E-state index in [2.05, 4.69) is 16.3 Å². The van der Waals surface area contributed by atoms with Gasteiger partial charge in [-0.15, -0.1) is 0 Å². The Kier molecular flexibility index (Phi) is 1.39. The fraction of sp³-hybridized carbons (Fsp3) is 0.200. The highest BCUT2D eigenvalue weighted by atomic mass is 32.1. The predicted molar refractivity (Wildman–Crippen MR) is 33.0 cm³/mol. The molecule has 0 saturated heterocycles. The minimum Gasteiger partial charge on any atom is -0.328 e. The van der Waals surface area contributed by atoms with Gasteiger partial charge in [0, 0.05) is 11.8 Å². The molecule has 0 aliphatic rings. The zero-order chi connectivity index (χ0) is 5.98. The first-order valence-electron chi connectivity index (χ1n) is 2.22. The van der Waals surface area contributed by atoms with Crippen molar-refractivity contribution in [3.05, 3.63) is 22.7 Å². The summed E-state index contributed by atoms with van der Waals surface area (Å²) in [5.41, 5.74) is 0.985. The van der Waals surface area contributed by atoms with E-state index in [4.69, 9.17) is 12.2 Å². The highest BCUT2D eigenvalue weighted by Gasteiger charge is 1.81. The number of hydrogen-bond acceptors (Lipinski definition) is 2. The quantitative estimate of drug-likeness (QED) is 0.528. The number of nitrogens with one attached hydrogen (secondary N) is 1. The van der Waals surface area contributed by atoms with E-state index in [0.29, 0.717) is 4.64 Å². The van der Waals surface area contributed by atoms with Crippen molar-refractivity contribution in [2.24, 2.45) is 0 Å². The zero-order valence-electron chi connectivity index (χ0n) is 4.43. The Morgan fingerprint density at radius 2 is 2.62 bits per heavy atom. The van der Waals surface area contributed by atoms with Crippen LogP contribution in [0.15, 0.2) is 6.20 Å². The lowest BCUT2D eigenvalue weighted by Crippen LogP contribution is -1.80. The second-order valence-electron chi connectivity index (χ2n) is 1.51. The van der Waals surface area contributed by atoms with Crippen molar-refractivity contribution in [2.45, 2.75) is 6.92 Å². The summed E-state index contributed by atoms with van der Waals surface area (Å²) < 4.78 is 0.708. The molecule has 0 saturated carbocycles. The highest BCUT2D eigenvalue weighted by Crippen LogP contribution is 1.90. The first kappa shape index (κ1) is 5.44. The van der Waals surface area contributed by atoms with Crippen LogP contribution in [0.2, 0.25) is 0 Å². The minimum atomic E-state index is 0.708. The van der Waals surface area contributed by atoms with Crippen molar-refractivity contribution in [3.8, 4) is 0 Å². The summed E-state index contributed by atoms with van der Waals surface area (Å²) in [5.74, 6) is 0. The van der Waals surface area contributed by atoms with Crippen molar-refractivity contribution in [2.75, 3.05) is 0 Å². The highest BCUT2D eigenvalue weighted by molar-refractivity contribution is 7.71. The molecule has 0 spiro atoms. The van der Waals surface area contributed by atoms with Crippen LogP contribution in [0.5, 0.6) is 0 Å². The number of aryl methyl sites for hydroxylation is 1. The maximum Gasteiger partial charge on any atom is 0.174 e. The van der Waals surface area contributed by atoms with Crippen LogP contribution in [-0.4, -0.2) is 9.97 Å². The number of hydrogen-bond donors (Lipinski definition) is 1. The van der Waals surface area contributed by atoms with Gasteiger partial charge in [0.05, 0.1) is 0 Å². The Balaban J connectivity index is 3.35. The molecule has 0 unspecified atom stereocenters. The summed E-state index contributed by atoms with van der Waals surface area (Å²) in [4.78, 5) is 6.38. The molecule has 1 N–H and O–H groups in total. The number of H-pyrrole nitrogens is 1. The van der Waals surface area contributed by atoms with E-state index in [1.807, 2.05) is 6.92 Å². The molecule has 1 radical (unpaired) electrons. The van der Waals surface area contributed by atoms with Crippen LogP contribution in [0.4, 0.5) is 0 Å². The lowest BCUT2D eigenvalue weighted by molar-refractivity contribution is 1.09. The first-order chi connectivity index (χ1) is 3.80. The van der Waals surface area contributed by atoms with Gasteiger partial charge < -0.3 is 4.98 Å². The van der Waals surface area contributed by atoms with Gasteiger partial charge in [0.15, 0.2) is 6.33 Å². The fourth-order valence-electron chi connectivity index (χ4n) is 0.369. The minimum absolute atomic E-state index is 0.708. The number of rotatable bonds is 0. The molecule has 3 heteroatoms. The first-order valence-corrected chi connectivity index (χ1v) is 2.63. The molecule has 1 heterocycles. The SMILES string of the molecule is Cc1cn[c][nH]c1=S. The molecule has 0 fully saturated rings. The summed E-state index contributed by atoms with van der Waals surface area (Å²) in [6.45, 7) is 1.90. The number of aromatic amines is 1. The lowest BCUT2D eigenvalue weighted by Gasteiger charge is -1.85. The summed E-state index contributed by atoms with van der Waals surface area (Å²) >= 11 is 4.83. The summed E-state index contributed by atoms with van der Waals surface area (Å²) in [6, 6.07) is 0. The van der Waals surface area contributed by atoms with Gasteiger partial charge in [-0.1, -0.05) is 12.2 Å². The topological polar surface area (TPSA) is 28.7 Å². The molecule has 1 rings (SSSR count). The van der Waals surface area contributed by atoms with Gasteiger partial charge in [-0.2, -0.15) is 0 Å². The van der Waals surface area contributed by atoms with Crippen molar-refractivity contribution in [3.63, 3.8) is 0 Å². The molecule has 1 aromatic rings. The Bertz CT molecular complexity index is 228. The summed E-state index contributed by atoms with van der Waals surface area (Å²) in [7, 11) is 0. The van der Waals surface area contributed by atoms with Gasteiger partial charge in [-0.25, -0.2) is 4.98 Å². The lowest BCUT2D eigenvalue weighted by atomic mass is 10.4. The fourth-order valence-corrected chi connectivity index (χ4v) is 0.468. The molecule has 0 aliphatic carbocycles. The average molecular weight is 125 g/mol. The van der Waals surface area contributed by atoms with Crippen molar-refractivity contribution >= 4 is 12.2 Å². The van der Waals surface area contributed by atoms with E-state index in [-0.39, 0.29) is 0 Å². The van der Waals surface area contributed by atoms with Crippen LogP contribution in [-0.2, 0) is 0 Å². The van der Waals surface area contributed by atoms with Gasteiger partial charge in [0.2, 0.25) is 0 Å². The third kappa shape index (κ3) is 0.924. The van der Waals surface area contributed by atoms with E-state index in [1.165, 1.54) is 0 Å². The maximum absolute atomic E-state index is 4.83. The molecule has 41 valence electrons. The van der Waals surface area contributed by atoms with Gasteiger partial charge >= 0.3 is 0 Å². The largest absolute Gasteiger partial charge is 0.328 e. The Labute approximate surface area is 52.6 Å². The third-order valence-electron chi connectivity index (χ3n) is 0.850. The number of aromatic nitrogens is 2. The Morgan fingerprint density at radius 3 is 3.00 bits per heavy atom. The molecule has 0 atom stereocenters. The van der Waals surface area contributed by atoms with Crippen LogP contribution >= 0.6 is 12.2 Å². The van der Waals surface area contributed by atoms with E-state index in [1.54, 1.807) is 6.20 Å². The van der Waals surface area contributed by atoms with Crippen LogP contribution in [0.1, 0.15) is 5.56 Å². The van der Waals surface area contributed by atoms with Gasteiger partial charge in [-0.3, -0.25) is 0 Å². The molecule has 0 amide bonds. The number of nitrogens with zero attached hydrogens (tertiary/aromatic N) is 1. The monoisotopic (exact) mass is 125 g/mol. The molecule has 1 aromatic heterocycles. The third-order valence-corrected chi connectivity index (χ3v) is 1.27. The predicted octanol–water partition coefficient (Wildman–Crippen LogP) is 1.25. The molecular weight excluding hydrogens is 120 g/mol. The van der Waals surface area contributed by atoms with E-state index < -0.39 is 0 Å². The van der Waals surface area contributed by atoms with Gasteiger partial charge in [0.25, 0.3) is 0 Å². The normalized spacial score (nSPS) is 9.12. The second-order valence-corrected chi connectivity index (χ2v) is 1.92. The molecular formula is C5H5N2S. The summed E-state index contributed by atoms with van der Waals surface area (Å²) in [5, 5.41) is 0. The van der Waals surface area contributed by atoms with Crippen molar-refractivity contribution in [1.82, 2.24) is 9.97 Å². The second kappa shape index (κ2) is 2.05. The van der Waals surface area contributed by atoms with Crippen LogP contribution in [0.25, 0.3) is 0 Å². The molecule has 2 nitrogen and oxygen atoms in total. The van der Waals surface area contributed by atoms with E-state index in [0.717, 1.165) is 5.56 Å². The van der Waals surface area contributed by atoms with Crippen LogP contribution in [0, 0.1) is 17.9 Å². The smallest absolute Gasteiger partial charge is 0.174 e. The molecule has 0 aliphatic heterocycles. The molecule has 8 heavy (non-hydrogen) atoms. The van der Waals surface area contributed by atoms with Gasteiger partial charge in [0.1, 0.15) is 4.64 Å². The molecule has 0 aromatic carbocycles. The van der Waals surface area contributed by atoms with E-state index >= 15 is 0 Å². The van der Waals surface area contributed by atoms with Crippen molar-refractivity contribution < 1.29 is 0 Å². The average Bonchev–Trinajstić information content (AvgIpc) is 1.77. The standard InChI is InChI=1S/C5H5N2S/c1-4-2-6-3-7-5(4)8/h2H,1H3,(H,6,7,8). The zero-order valence-corrected chi connectivity index (χ0v) is 5.25. The van der Waals surface area contributed by atoms with Crippen LogP contribution < -0.4 is 0 Å². The Hall–Kier alpha value is -0.700. The Morgan fingerprint density at radius 1 is 1.88 bits per heavy atom. The maximum atomic E-state index is 4.83.